The number of aliphatic hydroxyl groups excluding tert-OH is 1. The van der Waals surface area contributed by atoms with Gasteiger partial charge in [-0.2, -0.15) is 0 Å². The third-order valence-corrected chi connectivity index (χ3v) is 6.11. The van der Waals surface area contributed by atoms with Crippen LogP contribution in [-0.4, -0.2) is 60.3 Å². The smallest absolute Gasteiger partial charge is 0.0695 e. The predicted octanol–water partition coefficient (Wildman–Crippen LogP) is 2.59. The Morgan fingerprint density at radius 3 is 2.25 bits per heavy atom. The zero-order valence-corrected chi connectivity index (χ0v) is 14.1. The van der Waals surface area contributed by atoms with Gasteiger partial charge < -0.3 is 10.0 Å². The maximum Gasteiger partial charge on any atom is 0.0695 e. The van der Waals surface area contributed by atoms with Gasteiger partial charge in [-0.15, -0.1) is 0 Å². The normalized spacial score (nSPS) is 33.8. The molecule has 0 aromatic rings. The molecule has 1 N–H and O–H groups in total. The highest BCUT2D eigenvalue weighted by molar-refractivity contribution is 5.00. The summed E-state index contributed by atoms with van der Waals surface area (Å²) in [5, 5.41) is 10.4. The van der Waals surface area contributed by atoms with E-state index in [0.29, 0.717) is 11.6 Å². The number of rotatable bonds is 5. The largest absolute Gasteiger partial charge is 0.391 e. The first kappa shape index (κ1) is 16.3. The first-order valence-electron chi connectivity index (χ1n) is 8.41. The van der Waals surface area contributed by atoms with Gasteiger partial charge in [-0.1, -0.05) is 13.8 Å². The van der Waals surface area contributed by atoms with Gasteiger partial charge in [0, 0.05) is 18.1 Å². The van der Waals surface area contributed by atoms with E-state index in [-0.39, 0.29) is 6.10 Å². The summed E-state index contributed by atoms with van der Waals surface area (Å²) in [6.45, 7) is 5.76. The van der Waals surface area contributed by atoms with E-state index >= 15 is 0 Å². The molecule has 0 aromatic heterocycles. The van der Waals surface area contributed by atoms with Crippen molar-refractivity contribution in [2.45, 2.75) is 70.1 Å². The minimum Gasteiger partial charge on any atom is -0.391 e. The van der Waals surface area contributed by atoms with Crippen molar-refractivity contribution in [3.8, 4) is 0 Å². The first-order valence-corrected chi connectivity index (χ1v) is 8.41. The molecule has 2 aliphatic rings. The Labute approximate surface area is 125 Å². The van der Waals surface area contributed by atoms with Crippen LogP contribution in [0.25, 0.3) is 0 Å². The standard InChI is InChI=1S/C17H34N2O/c1-13(2)14-7-8-16(20)15(11-14)19(5)12-17(18(3)4)9-6-10-17/h13-16,20H,6-12H2,1-5H3. The van der Waals surface area contributed by atoms with Crippen LogP contribution in [0.1, 0.15) is 52.4 Å². The van der Waals surface area contributed by atoms with Gasteiger partial charge in [-0.25, -0.2) is 0 Å². The molecule has 3 atom stereocenters. The summed E-state index contributed by atoms with van der Waals surface area (Å²) in [6, 6.07) is 0.355. The molecular weight excluding hydrogens is 248 g/mol. The molecule has 3 nitrogen and oxygen atoms in total. The topological polar surface area (TPSA) is 26.7 Å². The zero-order chi connectivity index (χ0) is 14.9. The van der Waals surface area contributed by atoms with E-state index in [9.17, 15) is 5.11 Å². The summed E-state index contributed by atoms with van der Waals surface area (Å²) in [5.74, 6) is 1.52. The van der Waals surface area contributed by atoms with Crippen LogP contribution in [0.3, 0.4) is 0 Å². The van der Waals surface area contributed by atoms with Crippen LogP contribution in [0, 0.1) is 11.8 Å². The van der Waals surface area contributed by atoms with Crippen molar-refractivity contribution in [3.63, 3.8) is 0 Å². The van der Waals surface area contributed by atoms with Crippen molar-refractivity contribution in [2.75, 3.05) is 27.7 Å². The van der Waals surface area contributed by atoms with E-state index in [2.05, 4.69) is 44.8 Å². The molecular formula is C17H34N2O. The third-order valence-electron chi connectivity index (χ3n) is 6.11. The van der Waals surface area contributed by atoms with Gasteiger partial charge in [0.2, 0.25) is 0 Å². The molecule has 2 aliphatic carbocycles. The summed E-state index contributed by atoms with van der Waals surface area (Å²) in [7, 11) is 6.64. The molecule has 2 rings (SSSR count). The van der Waals surface area contributed by atoms with Crippen LogP contribution >= 0.6 is 0 Å². The number of hydrogen-bond donors (Lipinski definition) is 1. The molecule has 2 fully saturated rings. The molecule has 0 spiro atoms. The van der Waals surface area contributed by atoms with Crippen LogP contribution in [0.4, 0.5) is 0 Å². The maximum absolute atomic E-state index is 10.4. The average molecular weight is 282 g/mol. The Hall–Kier alpha value is -0.120. The lowest BCUT2D eigenvalue weighted by atomic mass is 9.73. The average Bonchev–Trinajstić information content (AvgIpc) is 2.33. The summed E-state index contributed by atoms with van der Waals surface area (Å²) in [5.41, 5.74) is 0.360. The Morgan fingerprint density at radius 1 is 1.15 bits per heavy atom. The minimum absolute atomic E-state index is 0.130. The zero-order valence-electron chi connectivity index (χ0n) is 14.1. The van der Waals surface area contributed by atoms with Crippen LogP contribution in [0.5, 0.6) is 0 Å². The second-order valence-electron chi connectivity index (χ2n) is 7.84. The highest BCUT2D eigenvalue weighted by Crippen LogP contribution is 2.39. The molecule has 118 valence electrons. The molecule has 0 bridgehead atoms. The fourth-order valence-electron chi connectivity index (χ4n) is 4.15. The molecule has 0 aliphatic heterocycles. The summed E-state index contributed by atoms with van der Waals surface area (Å²) in [6.07, 6.45) is 7.18. The van der Waals surface area contributed by atoms with E-state index < -0.39 is 0 Å². The second-order valence-corrected chi connectivity index (χ2v) is 7.84. The van der Waals surface area contributed by atoms with Crippen molar-refractivity contribution >= 4 is 0 Å². The molecule has 0 saturated heterocycles. The highest BCUT2D eigenvalue weighted by Gasteiger charge is 2.42. The molecule has 2 saturated carbocycles. The molecule has 0 heterocycles. The SMILES string of the molecule is CC(C)C1CCC(O)C(N(C)CC2(N(C)C)CCC2)C1. The van der Waals surface area contributed by atoms with Crippen LogP contribution in [0.15, 0.2) is 0 Å². The van der Waals surface area contributed by atoms with Crippen LogP contribution in [-0.2, 0) is 0 Å². The van der Waals surface area contributed by atoms with E-state index in [1.165, 1.54) is 32.1 Å². The van der Waals surface area contributed by atoms with Crippen LogP contribution < -0.4 is 0 Å². The van der Waals surface area contributed by atoms with Gasteiger partial charge in [0.25, 0.3) is 0 Å². The molecule has 0 radical (unpaired) electrons. The van der Waals surface area contributed by atoms with Gasteiger partial charge in [0.15, 0.2) is 0 Å². The molecule has 3 heteroatoms. The fraction of sp³-hybridized carbons (Fsp3) is 1.00. The summed E-state index contributed by atoms with van der Waals surface area (Å²) >= 11 is 0. The first-order chi connectivity index (χ1) is 9.35. The lowest BCUT2D eigenvalue weighted by Gasteiger charge is -2.51. The lowest BCUT2D eigenvalue weighted by molar-refractivity contribution is -0.0357. The molecule has 0 aromatic carbocycles. The molecule has 0 amide bonds. The van der Waals surface area contributed by atoms with Crippen LogP contribution in [0.2, 0.25) is 0 Å². The highest BCUT2D eigenvalue weighted by atomic mass is 16.3. The van der Waals surface area contributed by atoms with Crippen molar-refractivity contribution in [1.29, 1.82) is 0 Å². The Morgan fingerprint density at radius 2 is 1.80 bits per heavy atom. The Balaban J connectivity index is 1.98. The predicted molar refractivity (Wildman–Crippen MR) is 84.9 cm³/mol. The van der Waals surface area contributed by atoms with E-state index in [1.54, 1.807) is 0 Å². The lowest BCUT2D eigenvalue weighted by Crippen LogP contribution is -2.60. The van der Waals surface area contributed by atoms with Gasteiger partial charge in [0.1, 0.15) is 0 Å². The minimum atomic E-state index is -0.130. The van der Waals surface area contributed by atoms with Gasteiger partial charge in [-0.3, -0.25) is 4.90 Å². The van der Waals surface area contributed by atoms with Gasteiger partial charge in [-0.05, 0) is 71.5 Å². The van der Waals surface area contributed by atoms with E-state index in [1.807, 2.05) is 0 Å². The summed E-state index contributed by atoms with van der Waals surface area (Å²) < 4.78 is 0. The number of nitrogens with zero attached hydrogens (tertiary/aromatic N) is 2. The molecule has 20 heavy (non-hydrogen) atoms. The summed E-state index contributed by atoms with van der Waals surface area (Å²) in [4.78, 5) is 4.86. The van der Waals surface area contributed by atoms with Gasteiger partial charge >= 0.3 is 0 Å². The maximum atomic E-state index is 10.4. The Bertz CT molecular complexity index is 312. The quantitative estimate of drug-likeness (QED) is 0.839. The molecule has 3 unspecified atom stereocenters. The Kier molecular flexibility index (Phi) is 5.14. The van der Waals surface area contributed by atoms with Crippen molar-refractivity contribution in [3.05, 3.63) is 0 Å². The van der Waals surface area contributed by atoms with E-state index in [0.717, 1.165) is 24.8 Å². The number of hydrogen-bond acceptors (Lipinski definition) is 3. The third kappa shape index (κ3) is 3.20. The van der Waals surface area contributed by atoms with E-state index in [4.69, 9.17) is 0 Å². The number of likely N-dealkylation sites (N-methyl/N-ethyl adjacent to an activating group) is 2. The number of aliphatic hydroxyl groups is 1. The van der Waals surface area contributed by atoms with Crippen molar-refractivity contribution in [2.24, 2.45) is 11.8 Å². The van der Waals surface area contributed by atoms with Crippen molar-refractivity contribution in [1.82, 2.24) is 9.80 Å². The second kappa shape index (κ2) is 6.33. The van der Waals surface area contributed by atoms with Crippen molar-refractivity contribution < 1.29 is 5.11 Å². The monoisotopic (exact) mass is 282 g/mol. The fourth-order valence-corrected chi connectivity index (χ4v) is 4.15. The van der Waals surface area contributed by atoms with Gasteiger partial charge in [0.05, 0.1) is 6.10 Å².